The van der Waals surface area contributed by atoms with Crippen molar-refractivity contribution in [2.24, 2.45) is 0 Å². The Hall–Kier alpha value is -2.85. The third kappa shape index (κ3) is 2.93. The molecule has 1 aliphatic heterocycles. The number of hydrogen-bond acceptors (Lipinski definition) is 4. The second-order valence-electron chi connectivity index (χ2n) is 6.29. The maximum absolute atomic E-state index is 12.0. The summed E-state index contributed by atoms with van der Waals surface area (Å²) in [5, 5.41) is 1.60. The molecule has 1 saturated heterocycles. The summed E-state index contributed by atoms with van der Waals surface area (Å²) < 4.78 is 11.8. The van der Waals surface area contributed by atoms with Crippen LogP contribution in [0, 0.1) is 0 Å². The van der Waals surface area contributed by atoms with Gasteiger partial charge in [-0.25, -0.2) is 4.79 Å². The third-order valence-corrected chi connectivity index (χ3v) is 4.75. The fourth-order valence-electron chi connectivity index (χ4n) is 3.17. The van der Waals surface area contributed by atoms with E-state index in [9.17, 15) is 4.79 Å². The van der Waals surface area contributed by atoms with Crippen molar-refractivity contribution in [1.29, 1.82) is 0 Å². The maximum Gasteiger partial charge on any atom is 0.334 e. The van der Waals surface area contributed by atoms with Crippen LogP contribution in [0.15, 0.2) is 72.9 Å². The van der Waals surface area contributed by atoms with E-state index in [0.29, 0.717) is 22.8 Å². The number of esters is 1. The molecule has 0 aliphatic carbocycles. The number of carbonyl (C=O) groups excluding carboxylic acids is 1. The number of rotatable bonds is 4. The van der Waals surface area contributed by atoms with Crippen LogP contribution < -0.4 is 4.74 Å². The lowest BCUT2D eigenvalue weighted by molar-refractivity contribution is -0.150. The van der Waals surface area contributed by atoms with Gasteiger partial charge in [0.15, 0.2) is 5.60 Å². The molecule has 2 aromatic carbocycles. The normalized spacial score (nSPS) is 19.6. The second-order valence-corrected chi connectivity index (χ2v) is 6.73. The Balaban J connectivity index is 1.68. The molecule has 3 aromatic rings. The number of hydrogen-bond donors (Lipinski definition) is 0. The van der Waals surface area contributed by atoms with Crippen molar-refractivity contribution in [3.63, 3.8) is 0 Å². The van der Waals surface area contributed by atoms with E-state index in [0.717, 1.165) is 16.5 Å². The number of para-hydroxylation sites is 1. The van der Waals surface area contributed by atoms with E-state index in [1.165, 1.54) is 0 Å². The zero-order chi connectivity index (χ0) is 18.1. The fraction of sp³-hybridized carbons (Fsp3) is 0.143. The van der Waals surface area contributed by atoms with Gasteiger partial charge in [0.05, 0.1) is 0 Å². The van der Waals surface area contributed by atoms with Crippen molar-refractivity contribution in [1.82, 2.24) is 4.98 Å². The van der Waals surface area contributed by atoms with Crippen molar-refractivity contribution in [3.8, 4) is 5.75 Å². The largest absolute Gasteiger partial charge is 0.487 e. The minimum atomic E-state index is -0.921. The second kappa shape index (κ2) is 6.46. The molecule has 0 spiro atoms. The molecule has 1 unspecified atom stereocenters. The van der Waals surface area contributed by atoms with E-state index in [1.54, 1.807) is 18.3 Å². The number of fused-ring (bicyclic) bond motifs is 1. The number of halogens is 1. The molecule has 0 bridgehead atoms. The van der Waals surface area contributed by atoms with Crippen LogP contribution >= 0.6 is 11.6 Å². The Labute approximate surface area is 156 Å². The van der Waals surface area contributed by atoms with Crippen LogP contribution in [-0.2, 0) is 15.1 Å². The van der Waals surface area contributed by atoms with Gasteiger partial charge < -0.3 is 9.47 Å². The monoisotopic (exact) mass is 365 g/mol. The van der Waals surface area contributed by atoms with Crippen LogP contribution in [0.2, 0.25) is 5.02 Å². The Bertz CT molecular complexity index is 976. The summed E-state index contributed by atoms with van der Waals surface area (Å²) in [6, 6.07) is 16.8. The molecule has 1 aromatic heterocycles. The predicted octanol–water partition coefficient (Wildman–Crippen LogP) is 4.67. The van der Waals surface area contributed by atoms with Crippen LogP contribution in [0.1, 0.15) is 12.0 Å². The Kier molecular flexibility index (Phi) is 4.13. The molecular weight excluding hydrogens is 350 g/mol. The predicted molar refractivity (Wildman–Crippen MR) is 100 cm³/mol. The van der Waals surface area contributed by atoms with Gasteiger partial charge in [0.25, 0.3) is 0 Å². The average molecular weight is 366 g/mol. The van der Waals surface area contributed by atoms with E-state index in [4.69, 9.17) is 21.1 Å². The quantitative estimate of drug-likeness (QED) is 0.498. The van der Waals surface area contributed by atoms with Gasteiger partial charge in [0.1, 0.15) is 17.9 Å². The summed E-state index contributed by atoms with van der Waals surface area (Å²) in [5.74, 6) is 0.240. The number of aromatic nitrogens is 1. The van der Waals surface area contributed by atoms with E-state index in [2.05, 4.69) is 11.6 Å². The van der Waals surface area contributed by atoms with Gasteiger partial charge in [-0.3, -0.25) is 4.98 Å². The van der Waals surface area contributed by atoms with Gasteiger partial charge >= 0.3 is 5.97 Å². The highest BCUT2D eigenvalue weighted by molar-refractivity contribution is 6.30. The number of pyridine rings is 1. The smallest absolute Gasteiger partial charge is 0.334 e. The Morgan fingerprint density at radius 1 is 1.15 bits per heavy atom. The summed E-state index contributed by atoms with van der Waals surface area (Å²) in [4.78, 5) is 16.4. The lowest BCUT2D eigenvalue weighted by atomic mass is 9.90. The van der Waals surface area contributed by atoms with E-state index in [-0.39, 0.29) is 6.61 Å². The number of ether oxygens (including phenoxy) is 2. The Morgan fingerprint density at radius 2 is 1.92 bits per heavy atom. The molecule has 0 N–H and O–H groups in total. The number of cyclic esters (lactones) is 1. The number of nitrogens with zero attached hydrogens (tertiary/aromatic N) is 1. The first-order chi connectivity index (χ1) is 12.6. The molecule has 1 fully saturated rings. The molecule has 0 radical (unpaired) electrons. The first-order valence-corrected chi connectivity index (χ1v) is 8.59. The molecule has 4 rings (SSSR count). The molecule has 26 heavy (non-hydrogen) atoms. The minimum absolute atomic E-state index is 0.162. The van der Waals surface area contributed by atoms with Crippen molar-refractivity contribution in [2.45, 2.75) is 12.0 Å². The molecule has 1 aliphatic rings. The average Bonchev–Trinajstić information content (AvgIpc) is 2.95. The van der Waals surface area contributed by atoms with Gasteiger partial charge in [0.2, 0.25) is 0 Å². The first kappa shape index (κ1) is 16.6. The number of benzene rings is 2. The summed E-state index contributed by atoms with van der Waals surface area (Å²) >= 11 is 5.99. The highest BCUT2D eigenvalue weighted by atomic mass is 35.5. The third-order valence-electron chi connectivity index (χ3n) is 4.50. The molecule has 2 heterocycles. The molecular formula is C21H16ClNO3. The lowest BCUT2D eigenvalue weighted by Crippen LogP contribution is -2.33. The first-order valence-electron chi connectivity index (χ1n) is 8.21. The van der Waals surface area contributed by atoms with E-state index < -0.39 is 11.6 Å². The zero-order valence-corrected chi connectivity index (χ0v) is 14.7. The maximum atomic E-state index is 12.0. The number of carbonyl (C=O) groups is 1. The van der Waals surface area contributed by atoms with Crippen LogP contribution in [0.5, 0.6) is 5.75 Å². The van der Waals surface area contributed by atoms with Crippen LogP contribution in [0.4, 0.5) is 0 Å². The SMILES string of the molecule is C=C1CC(COc2cccc3cccnc23)(c2ccc(Cl)cc2)OC1=O. The van der Waals surface area contributed by atoms with Crippen molar-refractivity contribution in [3.05, 3.63) is 83.5 Å². The van der Waals surface area contributed by atoms with Crippen molar-refractivity contribution in [2.75, 3.05) is 6.61 Å². The summed E-state index contributed by atoms with van der Waals surface area (Å²) in [6.07, 6.45) is 2.09. The summed E-state index contributed by atoms with van der Waals surface area (Å²) in [5.41, 5.74) is 1.10. The molecule has 0 amide bonds. The minimum Gasteiger partial charge on any atom is -0.487 e. The van der Waals surface area contributed by atoms with Gasteiger partial charge in [-0.15, -0.1) is 0 Å². The van der Waals surface area contributed by atoms with Crippen LogP contribution in [0.25, 0.3) is 10.9 Å². The molecule has 1 atom stereocenters. The van der Waals surface area contributed by atoms with Gasteiger partial charge in [0, 0.05) is 28.6 Å². The van der Waals surface area contributed by atoms with Gasteiger partial charge in [-0.1, -0.05) is 48.5 Å². The molecule has 130 valence electrons. The van der Waals surface area contributed by atoms with Crippen molar-refractivity contribution < 1.29 is 14.3 Å². The van der Waals surface area contributed by atoms with Crippen LogP contribution in [0.3, 0.4) is 0 Å². The summed E-state index contributed by atoms with van der Waals surface area (Å²) in [7, 11) is 0. The van der Waals surface area contributed by atoms with Gasteiger partial charge in [-0.2, -0.15) is 0 Å². The summed E-state index contributed by atoms with van der Waals surface area (Å²) in [6.45, 7) is 3.97. The van der Waals surface area contributed by atoms with Crippen molar-refractivity contribution >= 4 is 28.5 Å². The van der Waals surface area contributed by atoms with E-state index >= 15 is 0 Å². The van der Waals surface area contributed by atoms with Crippen LogP contribution in [-0.4, -0.2) is 17.6 Å². The molecule has 0 saturated carbocycles. The highest BCUT2D eigenvalue weighted by Gasteiger charge is 2.45. The molecule has 4 nitrogen and oxygen atoms in total. The topological polar surface area (TPSA) is 48.4 Å². The highest BCUT2D eigenvalue weighted by Crippen LogP contribution is 2.40. The standard InChI is InChI=1S/C21H16ClNO3/c1-14-12-21(26-20(14)24,16-7-9-17(22)10-8-16)13-25-18-6-2-4-15-5-3-11-23-19(15)18/h2-11H,1,12-13H2. The molecule has 5 heteroatoms. The fourth-order valence-corrected chi connectivity index (χ4v) is 3.29. The lowest BCUT2D eigenvalue weighted by Gasteiger charge is -2.28. The van der Waals surface area contributed by atoms with E-state index in [1.807, 2.05) is 42.5 Å². The Morgan fingerprint density at radius 3 is 2.65 bits per heavy atom. The van der Waals surface area contributed by atoms with Gasteiger partial charge in [-0.05, 0) is 29.8 Å². The zero-order valence-electron chi connectivity index (χ0n) is 13.9.